The fraction of sp³-hybridized carbons (Fsp3) is 0.467. The van der Waals surface area contributed by atoms with Gasteiger partial charge in [0.05, 0.1) is 13.1 Å². The highest BCUT2D eigenvalue weighted by Crippen LogP contribution is 2.33. The number of nitrogens with one attached hydrogen (secondary N) is 1. The van der Waals surface area contributed by atoms with E-state index in [1.54, 1.807) is 4.90 Å². The zero-order chi connectivity index (χ0) is 14.8. The van der Waals surface area contributed by atoms with Crippen LogP contribution in [-0.2, 0) is 11.3 Å². The van der Waals surface area contributed by atoms with Crippen molar-refractivity contribution in [1.82, 2.24) is 10.2 Å². The molecule has 1 aromatic carbocycles. The Hall–Kier alpha value is -2.24. The lowest BCUT2D eigenvalue weighted by Gasteiger charge is -2.23. The predicted octanol–water partition coefficient (Wildman–Crippen LogP) is 1.45. The molecule has 1 atom stereocenters. The first-order chi connectivity index (χ1) is 10.1. The first-order valence-corrected chi connectivity index (χ1v) is 7.14. The molecule has 2 aliphatic rings. The van der Waals surface area contributed by atoms with Gasteiger partial charge < -0.3 is 20.1 Å². The predicted molar refractivity (Wildman–Crippen MR) is 75.0 cm³/mol. The smallest absolute Gasteiger partial charge is 0.326 e. The number of para-hydroxylation sites is 1. The molecule has 0 saturated heterocycles. The Kier molecular flexibility index (Phi) is 3.68. The minimum Gasteiger partial charge on any atom is -0.491 e. The van der Waals surface area contributed by atoms with Crippen LogP contribution < -0.4 is 10.1 Å². The zero-order valence-corrected chi connectivity index (χ0v) is 11.6. The second-order valence-electron chi connectivity index (χ2n) is 5.48. The molecule has 1 heterocycles. The van der Waals surface area contributed by atoms with Crippen LogP contribution in [0.5, 0.6) is 5.75 Å². The third kappa shape index (κ3) is 3.09. The van der Waals surface area contributed by atoms with E-state index in [0.717, 1.165) is 24.2 Å². The highest BCUT2D eigenvalue weighted by atomic mass is 16.5. The summed E-state index contributed by atoms with van der Waals surface area (Å²) in [5.74, 6) is -0.107. The van der Waals surface area contributed by atoms with Gasteiger partial charge in [-0.15, -0.1) is 0 Å². The molecule has 0 spiro atoms. The maximum absolute atomic E-state index is 12.3. The number of carboxylic acids is 1. The lowest BCUT2D eigenvalue weighted by molar-refractivity contribution is -0.139. The van der Waals surface area contributed by atoms with Crippen molar-refractivity contribution in [2.24, 2.45) is 5.92 Å². The topological polar surface area (TPSA) is 78.9 Å². The molecule has 1 aliphatic heterocycles. The number of carboxylic acid groups (broad SMARTS) is 1. The maximum Gasteiger partial charge on any atom is 0.326 e. The zero-order valence-electron chi connectivity index (χ0n) is 11.6. The lowest BCUT2D eigenvalue weighted by atomic mass is 10.2. The van der Waals surface area contributed by atoms with E-state index < -0.39 is 12.0 Å². The van der Waals surface area contributed by atoms with Crippen LogP contribution in [0.2, 0.25) is 0 Å². The second-order valence-corrected chi connectivity index (χ2v) is 5.48. The minimum atomic E-state index is -0.961. The number of rotatable bonds is 3. The van der Waals surface area contributed by atoms with E-state index >= 15 is 0 Å². The molecule has 0 bridgehead atoms. The Morgan fingerprint density at radius 1 is 1.33 bits per heavy atom. The van der Waals surface area contributed by atoms with E-state index in [4.69, 9.17) is 4.74 Å². The summed E-state index contributed by atoms with van der Waals surface area (Å²) in [6, 6.07) is 6.46. The summed E-state index contributed by atoms with van der Waals surface area (Å²) in [5, 5.41) is 11.8. The average molecular weight is 290 g/mol. The maximum atomic E-state index is 12.3. The molecular weight excluding hydrogens is 272 g/mol. The Bertz CT molecular complexity index is 556. The molecule has 2 N–H and O–H groups in total. The highest BCUT2D eigenvalue weighted by molar-refractivity contribution is 5.83. The SMILES string of the molecule is O=C(O)C(NC(=O)N1CCOc2ccccc2C1)C1CC1. The van der Waals surface area contributed by atoms with E-state index in [1.165, 1.54) is 0 Å². The number of benzene rings is 1. The average Bonchev–Trinajstić information content (AvgIpc) is 3.29. The van der Waals surface area contributed by atoms with Gasteiger partial charge in [0.2, 0.25) is 0 Å². The molecular formula is C15H18N2O4. The Balaban J connectivity index is 1.68. The van der Waals surface area contributed by atoms with Gasteiger partial charge in [-0.25, -0.2) is 9.59 Å². The van der Waals surface area contributed by atoms with Gasteiger partial charge in [0.25, 0.3) is 0 Å². The molecule has 6 heteroatoms. The first-order valence-electron chi connectivity index (χ1n) is 7.14. The Labute approximate surface area is 122 Å². The standard InChI is InChI=1S/C15H18N2O4/c18-14(19)13(10-5-6-10)16-15(20)17-7-8-21-12-4-2-1-3-11(12)9-17/h1-4,10,13H,5-9H2,(H,16,20)(H,18,19). The largest absolute Gasteiger partial charge is 0.491 e. The van der Waals surface area contributed by atoms with Crippen LogP contribution in [0.15, 0.2) is 24.3 Å². The van der Waals surface area contributed by atoms with Gasteiger partial charge in [0.1, 0.15) is 18.4 Å². The molecule has 6 nitrogen and oxygen atoms in total. The fourth-order valence-corrected chi connectivity index (χ4v) is 2.53. The van der Waals surface area contributed by atoms with Crippen LogP contribution in [-0.4, -0.2) is 41.2 Å². The molecule has 1 unspecified atom stereocenters. The first kappa shape index (κ1) is 13.7. The second kappa shape index (κ2) is 5.63. The highest BCUT2D eigenvalue weighted by Gasteiger charge is 2.38. The minimum absolute atomic E-state index is 0.0713. The van der Waals surface area contributed by atoms with E-state index in [-0.39, 0.29) is 11.9 Å². The molecule has 1 aliphatic carbocycles. The Morgan fingerprint density at radius 3 is 2.81 bits per heavy atom. The number of amides is 2. The summed E-state index contributed by atoms with van der Waals surface area (Å²) in [7, 11) is 0. The van der Waals surface area contributed by atoms with Crippen molar-refractivity contribution >= 4 is 12.0 Å². The van der Waals surface area contributed by atoms with Crippen LogP contribution in [0.1, 0.15) is 18.4 Å². The van der Waals surface area contributed by atoms with E-state index in [9.17, 15) is 14.7 Å². The molecule has 2 amide bonds. The monoisotopic (exact) mass is 290 g/mol. The van der Waals surface area contributed by atoms with Gasteiger partial charge in [0, 0.05) is 5.56 Å². The molecule has 112 valence electrons. The molecule has 1 aromatic rings. The van der Waals surface area contributed by atoms with Crippen molar-refractivity contribution in [1.29, 1.82) is 0 Å². The molecule has 21 heavy (non-hydrogen) atoms. The van der Waals surface area contributed by atoms with Gasteiger partial charge in [-0.3, -0.25) is 0 Å². The van der Waals surface area contributed by atoms with Crippen molar-refractivity contribution in [3.8, 4) is 5.75 Å². The number of carbonyl (C=O) groups is 2. The number of fused-ring (bicyclic) bond motifs is 1. The van der Waals surface area contributed by atoms with Crippen LogP contribution in [0, 0.1) is 5.92 Å². The molecule has 1 fully saturated rings. The van der Waals surface area contributed by atoms with Crippen LogP contribution >= 0.6 is 0 Å². The summed E-state index contributed by atoms with van der Waals surface area (Å²) in [6.45, 7) is 1.28. The third-order valence-corrected chi connectivity index (χ3v) is 3.88. The number of urea groups is 1. The van der Waals surface area contributed by atoms with Crippen LogP contribution in [0.3, 0.4) is 0 Å². The van der Waals surface area contributed by atoms with Crippen molar-refractivity contribution in [3.05, 3.63) is 29.8 Å². The quantitative estimate of drug-likeness (QED) is 0.883. The summed E-state index contributed by atoms with van der Waals surface area (Å²) in [5.41, 5.74) is 0.934. The van der Waals surface area contributed by atoms with Gasteiger partial charge in [-0.05, 0) is 24.8 Å². The van der Waals surface area contributed by atoms with E-state index in [1.807, 2.05) is 24.3 Å². The van der Waals surface area contributed by atoms with Crippen LogP contribution in [0.4, 0.5) is 4.79 Å². The molecule has 1 saturated carbocycles. The number of hydrogen-bond donors (Lipinski definition) is 2. The van der Waals surface area contributed by atoms with E-state index in [0.29, 0.717) is 19.7 Å². The molecule has 0 radical (unpaired) electrons. The lowest BCUT2D eigenvalue weighted by Crippen LogP contribution is -2.49. The van der Waals surface area contributed by atoms with Crippen molar-refractivity contribution in [2.75, 3.05) is 13.2 Å². The summed E-state index contributed by atoms with van der Waals surface area (Å²) in [6.07, 6.45) is 1.73. The number of ether oxygens (including phenoxy) is 1. The fourth-order valence-electron chi connectivity index (χ4n) is 2.53. The van der Waals surface area contributed by atoms with Gasteiger partial charge in [-0.2, -0.15) is 0 Å². The van der Waals surface area contributed by atoms with Crippen molar-refractivity contribution < 1.29 is 19.4 Å². The van der Waals surface area contributed by atoms with Gasteiger partial charge in [0.15, 0.2) is 0 Å². The summed E-state index contributed by atoms with van der Waals surface area (Å²) >= 11 is 0. The number of hydrogen-bond acceptors (Lipinski definition) is 3. The summed E-state index contributed by atoms with van der Waals surface area (Å²) in [4.78, 5) is 25.1. The molecule has 0 aromatic heterocycles. The van der Waals surface area contributed by atoms with Crippen LogP contribution in [0.25, 0.3) is 0 Å². The van der Waals surface area contributed by atoms with Crippen molar-refractivity contribution in [2.45, 2.75) is 25.4 Å². The van der Waals surface area contributed by atoms with Gasteiger partial charge in [-0.1, -0.05) is 18.2 Å². The van der Waals surface area contributed by atoms with Crippen molar-refractivity contribution in [3.63, 3.8) is 0 Å². The normalized spacial score (nSPS) is 19.0. The Morgan fingerprint density at radius 2 is 2.10 bits per heavy atom. The van der Waals surface area contributed by atoms with E-state index in [2.05, 4.69) is 5.32 Å². The molecule has 3 rings (SSSR count). The number of nitrogens with zero attached hydrogens (tertiary/aromatic N) is 1. The number of aliphatic carboxylic acids is 1. The third-order valence-electron chi connectivity index (χ3n) is 3.88. The number of carbonyl (C=O) groups excluding carboxylic acids is 1. The van der Waals surface area contributed by atoms with Gasteiger partial charge >= 0.3 is 12.0 Å². The summed E-state index contributed by atoms with van der Waals surface area (Å²) < 4.78 is 5.60.